The average Bonchev–Trinajstić information content (AvgIpc) is 2.35. The Balaban J connectivity index is 2.36. The van der Waals surface area contributed by atoms with Gasteiger partial charge >= 0.3 is 0 Å². The van der Waals surface area contributed by atoms with E-state index < -0.39 is 5.82 Å². The molecule has 1 nitrogen and oxygen atoms in total. The van der Waals surface area contributed by atoms with Crippen LogP contribution in [-0.4, -0.2) is 0 Å². The fourth-order valence-electron chi connectivity index (χ4n) is 1.47. The minimum atomic E-state index is -0.440. The van der Waals surface area contributed by atoms with Gasteiger partial charge in [-0.05, 0) is 23.8 Å². The second-order valence-electron chi connectivity index (χ2n) is 3.73. The Kier molecular flexibility index (Phi) is 4.80. The molecule has 0 atom stereocenters. The van der Waals surface area contributed by atoms with Gasteiger partial charge in [0, 0.05) is 18.0 Å². The maximum Gasteiger partial charge on any atom is 0.147 e. The van der Waals surface area contributed by atoms with Crippen LogP contribution in [0.1, 0.15) is 5.56 Å². The van der Waals surface area contributed by atoms with Gasteiger partial charge in [-0.15, -0.1) is 11.6 Å². The topological polar surface area (TPSA) is 9.23 Å². The predicted octanol–water partition coefficient (Wildman–Crippen LogP) is 6.32. The van der Waals surface area contributed by atoms with Crippen LogP contribution < -0.4 is 4.74 Å². The Morgan fingerprint density at radius 3 is 2.26 bits per heavy atom. The van der Waals surface area contributed by atoms with Crippen LogP contribution in [0.25, 0.3) is 0 Å². The van der Waals surface area contributed by atoms with Crippen LogP contribution in [0.15, 0.2) is 30.3 Å². The fraction of sp³-hybridized carbons (Fsp3) is 0.0769. The average molecular weight is 340 g/mol. The quantitative estimate of drug-likeness (QED) is 0.469. The molecule has 0 bridgehead atoms. The fourth-order valence-corrected chi connectivity index (χ4v) is 2.20. The molecule has 0 aliphatic rings. The molecule has 6 heteroatoms. The Labute approximate surface area is 129 Å². The zero-order valence-corrected chi connectivity index (χ0v) is 12.4. The second-order valence-corrected chi connectivity index (χ2v) is 5.22. The van der Waals surface area contributed by atoms with Crippen molar-refractivity contribution in [2.24, 2.45) is 0 Å². The van der Waals surface area contributed by atoms with Crippen LogP contribution >= 0.6 is 46.4 Å². The van der Waals surface area contributed by atoms with Crippen LogP contribution in [-0.2, 0) is 5.88 Å². The first-order valence-electron chi connectivity index (χ1n) is 5.17. The Hall–Kier alpha value is -0.670. The van der Waals surface area contributed by atoms with Gasteiger partial charge < -0.3 is 4.74 Å². The predicted molar refractivity (Wildman–Crippen MR) is 77.5 cm³/mol. The third-order valence-corrected chi connectivity index (χ3v) is 3.61. The molecular formula is C13H7Cl4FO. The van der Waals surface area contributed by atoms with E-state index in [1.807, 2.05) is 0 Å². The molecule has 2 aromatic carbocycles. The van der Waals surface area contributed by atoms with Crippen LogP contribution in [0, 0.1) is 5.82 Å². The molecule has 0 aromatic heterocycles. The van der Waals surface area contributed by atoms with Gasteiger partial charge in [0.15, 0.2) is 0 Å². The van der Waals surface area contributed by atoms with Crippen LogP contribution in [0.5, 0.6) is 11.5 Å². The summed E-state index contributed by atoms with van der Waals surface area (Å²) < 4.78 is 18.8. The van der Waals surface area contributed by atoms with E-state index >= 15 is 0 Å². The van der Waals surface area contributed by atoms with Crippen molar-refractivity contribution in [1.82, 2.24) is 0 Å². The van der Waals surface area contributed by atoms with Gasteiger partial charge in [0.25, 0.3) is 0 Å². The van der Waals surface area contributed by atoms with Crippen molar-refractivity contribution < 1.29 is 9.13 Å². The third-order valence-electron chi connectivity index (χ3n) is 2.29. The lowest BCUT2D eigenvalue weighted by Crippen LogP contribution is -1.89. The maximum absolute atomic E-state index is 13.3. The van der Waals surface area contributed by atoms with Crippen molar-refractivity contribution in [3.05, 3.63) is 56.8 Å². The van der Waals surface area contributed by atoms with Crippen LogP contribution in [0.3, 0.4) is 0 Å². The molecule has 0 N–H and O–H groups in total. The number of hydrogen-bond acceptors (Lipinski definition) is 1. The Morgan fingerprint density at radius 2 is 1.58 bits per heavy atom. The summed E-state index contributed by atoms with van der Waals surface area (Å²) in [5.74, 6) is 0.325. The number of halogens is 5. The van der Waals surface area contributed by atoms with Crippen molar-refractivity contribution in [3.8, 4) is 11.5 Å². The first-order chi connectivity index (χ1) is 8.99. The van der Waals surface area contributed by atoms with Gasteiger partial charge in [-0.1, -0.05) is 34.8 Å². The molecule has 0 saturated carbocycles. The molecular weight excluding hydrogens is 333 g/mol. The molecule has 0 aliphatic carbocycles. The number of rotatable bonds is 3. The zero-order chi connectivity index (χ0) is 14.0. The summed E-state index contributed by atoms with van der Waals surface area (Å²) in [6.45, 7) is 0. The lowest BCUT2D eigenvalue weighted by atomic mass is 10.2. The molecule has 2 aromatic rings. The van der Waals surface area contributed by atoms with E-state index in [-0.39, 0.29) is 16.7 Å². The number of benzene rings is 2. The standard InChI is InChI=1S/C13H7Cl4FO/c14-6-7-1-8(18)3-9(2-7)19-13-5-11(16)10(15)4-12(13)17/h1-5H,6H2. The summed E-state index contributed by atoms with van der Waals surface area (Å²) in [6.07, 6.45) is 0. The molecule has 0 spiro atoms. The molecule has 100 valence electrons. The normalized spacial score (nSPS) is 10.6. The minimum Gasteiger partial charge on any atom is -0.456 e. The highest BCUT2D eigenvalue weighted by Crippen LogP contribution is 2.36. The van der Waals surface area contributed by atoms with Gasteiger partial charge in [-0.3, -0.25) is 0 Å². The molecule has 0 amide bonds. The SMILES string of the molecule is Fc1cc(CCl)cc(Oc2cc(Cl)c(Cl)cc2Cl)c1. The summed E-state index contributed by atoms with van der Waals surface area (Å²) in [5, 5.41) is 0.904. The smallest absolute Gasteiger partial charge is 0.147 e. The maximum atomic E-state index is 13.3. The van der Waals surface area contributed by atoms with Crippen molar-refractivity contribution in [1.29, 1.82) is 0 Å². The molecule has 0 saturated heterocycles. The van der Waals surface area contributed by atoms with Crippen molar-refractivity contribution >= 4 is 46.4 Å². The number of hydrogen-bond donors (Lipinski definition) is 0. The zero-order valence-electron chi connectivity index (χ0n) is 9.39. The lowest BCUT2D eigenvalue weighted by molar-refractivity contribution is 0.476. The Morgan fingerprint density at radius 1 is 0.895 bits per heavy atom. The molecule has 0 aliphatic heterocycles. The molecule has 19 heavy (non-hydrogen) atoms. The van der Waals surface area contributed by atoms with Gasteiger partial charge in [-0.25, -0.2) is 4.39 Å². The van der Waals surface area contributed by atoms with Gasteiger partial charge in [0.2, 0.25) is 0 Å². The second kappa shape index (κ2) is 6.19. The van der Waals surface area contributed by atoms with Crippen molar-refractivity contribution in [3.63, 3.8) is 0 Å². The van der Waals surface area contributed by atoms with Crippen molar-refractivity contribution in [2.75, 3.05) is 0 Å². The van der Waals surface area contributed by atoms with E-state index in [1.165, 1.54) is 24.3 Å². The summed E-state index contributed by atoms with van der Waals surface area (Å²) >= 11 is 23.3. The monoisotopic (exact) mass is 338 g/mol. The molecule has 0 heterocycles. The lowest BCUT2D eigenvalue weighted by Gasteiger charge is -2.10. The highest BCUT2D eigenvalue weighted by molar-refractivity contribution is 6.43. The molecule has 2 rings (SSSR count). The van der Waals surface area contributed by atoms with E-state index in [0.29, 0.717) is 21.4 Å². The highest BCUT2D eigenvalue weighted by atomic mass is 35.5. The summed E-state index contributed by atoms with van der Waals surface area (Å²) in [5.41, 5.74) is 0.604. The molecule has 0 radical (unpaired) electrons. The van der Waals surface area contributed by atoms with E-state index in [4.69, 9.17) is 51.1 Å². The van der Waals surface area contributed by atoms with Gasteiger partial charge in [0.1, 0.15) is 17.3 Å². The van der Waals surface area contributed by atoms with E-state index in [1.54, 1.807) is 6.07 Å². The van der Waals surface area contributed by atoms with Crippen molar-refractivity contribution in [2.45, 2.75) is 5.88 Å². The highest BCUT2D eigenvalue weighted by Gasteiger charge is 2.09. The minimum absolute atomic E-state index is 0.184. The number of ether oxygens (including phenoxy) is 1. The molecule has 0 fully saturated rings. The van der Waals surface area contributed by atoms with Crippen LogP contribution in [0.4, 0.5) is 4.39 Å². The summed E-state index contributed by atoms with van der Waals surface area (Å²) in [7, 11) is 0. The molecule has 0 unspecified atom stereocenters. The Bertz CT molecular complexity index is 616. The van der Waals surface area contributed by atoms with Crippen LogP contribution in [0.2, 0.25) is 15.1 Å². The van der Waals surface area contributed by atoms with Gasteiger partial charge in [0.05, 0.1) is 15.1 Å². The van der Waals surface area contributed by atoms with E-state index in [9.17, 15) is 4.39 Å². The van der Waals surface area contributed by atoms with E-state index in [0.717, 1.165) is 0 Å². The first kappa shape index (κ1) is 14.7. The largest absolute Gasteiger partial charge is 0.456 e. The van der Waals surface area contributed by atoms with E-state index in [2.05, 4.69) is 0 Å². The van der Waals surface area contributed by atoms with Gasteiger partial charge in [-0.2, -0.15) is 0 Å². The summed E-state index contributed by atoms with van der Waals surface area (Å²) in [6, 6.07) is 7.11. The first-order valence-corrected chi connectivity index (χ1v) is 6.84. The third kappa shape index (κ3) is 3.67. The number of alkyl halides is 1. The summed E-state index contributed by atoms with van der Waals surface area (Å²) in [4.78, 5) is 0.